The number of fused-ring (bicyclic) bond motifs is 1. The number of pyridine rings is 2. The Morgan fingerprint density at radius 3 is 2.63 bits per heavy atom. The Bertz CT molecular complexity index is 1550. The van der Waals surface area contributed by atoms with Crippen molar-refractivity contribution in [3.8, 4) is 11.3 Å². The zero-order valence-corrected chi connectivity index (χ0v) is 19.9. The van der Waals surface area contributed by atoms with Gasteiger partial charge in [-0.25, -0.2) is 4.39 Å². The number of benzene rings is 1. The number of nitrogens with one attached hydrogen (secondary N) is 2. The van der Waals surface area contributed by atoms with E-state index in [1.165, 1.54) is 35.2 Å². The lowest BCUT2D eigenvalue weighted by Gasteiger charge is -2.26. The molecule has 0 atom stereocenters. The highest BCUT2D eigenvalue weighted by molar-refractivity contribution is 5.94. The number of alkyl halides is 3. The normalized spacial score (nSPS) is 18.0. The van der Waals surface area contributed by atoms with Crippen LogP contribution in [0.15, 0.2) is 53.7 Å². The van der Waals surface area contributed by atoms with E-state index in [9.17, 15) is 32.3 Å². The Morgan fingerprint density at radius 1 is 1.13 bits per heavy atom. The van der Waals surface area contributed by atoms with Crippen LogP contribution in [0.2, 0.25) is 0 Å². The van der Waals surface area contributed by atoms with E-state index in [2.05, 4.69) is 15.4 Å². The third-order valence-electron chi connectivity index (χ3n) is 6.66. The molecule has 3 N–H and O–H groups in total. The number of carbonyl (C=O) groups is 1. The number of aliphatic hydroxyl groups excluding tert-OH is 1. The van der Waals surface area contributed by atoms with Gasteiger partial charge in [0.05, 0.1) is 35.5 Å². The number of nitrogens with zero attached hydrogens (tertiary/aromatic N) is 3. The number of halogens is 4. The van der Waals surface area contributed by atoms with Gasteiger partial charge in [-0.1, -0.05) is 0 Å². The van der Waals surface area contributed by atoms with Crippen molar-refractivity contribution in [1.82, 2.24) is 25.1 Å². The summed E-state index contributed by atoms with van der Waals surface area (Å²) in [5, 5.41) is 18.4. The van der Waals surface area contributed by atoms with E-state index in [1.807, 2.05) is 5.10 Å². The summed E-state index contributed by atoms with van der Waals surface area (Å²) in [4.78, 5) is 29.8. The van der Waals surface area contributed by atoms with Crippen molar-refractivity contribution in [3.63, 3.8) is 0 Å². The molecule has 38 heavy (non-hydrogen) atoms. The molecular formula is C26H23F4N5O3. The van der Waals surface area contributed by atoms with Crippen LogP contribution in [0, 0.1) is 5.82 Å². The minimum absolute atomic E-state index is 0.00369. The van der Waals surface area contributed by atoms with Crippen LogP contribution < -0.4 is 10.9 Å². The largest absolute Gasteiger partial charge is 0.433 e. The first kappa shape index (κ1) is 25.6. The molecule has 1 aliphatic rings. The molecule has 12 heteroatoms. The predicted molar refractivity (Wildman–Crippen MR) is 130 cm³/mol. The van der Waals surface area contributed by atoms with E-state index in [0.717, 1.165) is 12.3 Å². The maximum atomic E-state index is 14.4. The van der Waals surface area contributed by atoms with Gasteiger partial charge in [0.15, 0.2) is 0 Å². The molecule has 0 radical (unpaired) electrons. The maximum absolute atomic E-state index is 14.4. The highest BCUT2D eigenvalue weighted by atomic mass is 19.4. The molecule has 1 saturated carbocycles. The average Bonchev–Trinajstić information content (AvgIpc) is 3.38. The number of hydrogen-bond donors (Lipinski definition) is 3. The predicted octanol–water partition coefficient (Wildman–Crippen LogP) is 4.03. The van der Waals surface area contributed by atoms with Crippen LogP contribution in [0.5, 0.6) is 0 Å². The first-order valence-corrected chi connectivity index (χ1v) is 12.0. The quantitative estimate of drug-likeness (QED) is 0.338. The Kier molecular flexibility index (Phi) is 6.74. The fourth-order valence-corrected chi connectivity index (χ4v) is 4.71. The lowest BCUT2D eigenvalue weighted by atomic mass is 9.93. The van der Waals surface area contributed by atoms with Crippen molar-refractivity contribution in [3.05, 3.63) is 81.9 Å². The van der Waals surface area contributed by atoms with Crippen molar-refractivity contribution in [2.24, 2.45) is 0 Å². The van der Waals surface area contributed by atoms with Crippen LogP contribution in [0.25, 0.3) is 22.0 Å². The number of hydrogen-bond acceptors (Lipinski definition) is 5. The zero-order valence-electron chi connectivity index (χ0n) is 19.9. The molecule has 0 saturated heterocycles. The van der Waals surface area contributed by atoms with Gasteiger partial charge in [0.2, 0.25) is 0 Å². The molecule has 1 aromatic carbocycles. The van der Waals surface area contributed by atoms with Crippen LogP contribution in [-0.2, 0) is 12.7 Å². The number of H-pyrrole nitrogens is 1. The molecule has 3 aromatic heterocycles. The van der Waals surface area contributed by atoms with Crippen LogP contribution in [0.3, 0.4) is 0 Å². The molecule has 3 heterocycles. The van der Waals surface area contributed by atoms with Crippen LogP contribution in [-0.4, -0.2) is 42.9 Å². The first-order valence-electron chi connectivity index (χ1n) is 12.0. The molecule has 1 amide bonds. The van der Waals surface area contributed by atoms with E-state index in [-0.39, 0.29) is 40.9 Å². The smallest absolute Gasteiger partial charge is 0.393 e. The summed E-state index contributed by atoms with van der Waals surface area (Å²) in [5.74, 6) is -1.07. The fourth-order valence-electron chi connectivity index (χ4n) is 4.71. The van der Waals surface area contributed by atoms with E-state index >= 15 is 0 Å². The Balaban J connectivity index is 1.39. The maximum Gasteiger partial charge on any atom is 0.433 e. The molecule has 198 valence electrons. The Labute approximate surface area is 213 Å². The lowest BCUT2D eigenvalue weighted by Crippen LogP contribution is -2.38. The Morgan fingerprint density at radius 2 is 1.89 bits per heavy atom. The highest BCUT2D eigenvalue weighted by Crippen LogP contribution is 2.35. The summed E-state index contributed by atoms with van der Waals surface area (Å²) >= 11 is 0. The molecule has 5 rings (SSSR count). The average molecular weight is 529 g/mol. The van der Waals surface area contributed by atoms with Crippen molar-refractivity contribution in [2.75, 3.05) is 0 Å². The monoisotopic (exact) mass is 529 g/mol. The molecule has 0 unspecified atom stereocenters. The number of aliphatic hydroxyl groups is 1. The van der Waals surface area contributed by atoms with Gasteiger partial charge in [-0.3, -0.25) is 19.7 Å². The number of carbonyl (C=O) groups excluding carboxylic acids is 1. The highest BCUT2D eigenvalue weighted by Gasteiger charge is 2.36. The van der Waals surface area contributed by atoms with E-state index in [4.69, 9.17) is 0 Å². The van der Waals surface area contributed by atoms with Crippen molar-refractivity contribution in [1.29, 1.82) is 0 Å². The van der Waals surface area contributed by atoms with Gasteiger partial charge in [0.1, 0.15) is 11.5 Å². The van der Waals surface area contributed by atoms with Gasteiger partial charge < -0.3 is 15.0 Å². The van der Waals surface area contributed by atoms with E-state index < -0.39 is 29.2 Å². The minimum Gasteiger partial charge on any atom is -0.393 e. The summed E-state index contributed by atoms with van der Waals surface area (Å²) < 4.78 is 55.4. The summed E-state index contributed by atoms with van der Waals surface area (Å²) in [6.07, 6.45) is 1.10. The van der Waals surface area contributed by atoms with Gasteiger partial charge >= 0.3 is 6.18 Å². The molecule has 0 bridgehead atoms. The summed E-state index contributed by atoms with van der Waals surface area (Å²) in [7, 11) is 0. The second-order valence-corrected chi connectivity index (χ2v) is 9.39. The molecule has 8 nitrogen and oxygen atoms in total. The third-order valence-corrected chi connectivity index (χ3v) is 6.66. The standard InChI is InChI=1S/C26H23F4N5O3/c27-17-8-14(7-16(9-17)24(37)33-18-1-3-19(36)4-2-18)13-35-6-5-15-10-22(31-11-20(15)25(35)38)21-12-32-34-23(21)26(28,29)30/h5-12,18-19,36H,1-4,13H2,(H,32,34)(H,33,37). The van der Waals surface area contributed by atoms with Crippen LogP contribution in [0.4, 0.5) is 17.6 Å². The van der Waals surface area contributed by atoms with Gasteiger partial charge in [0.25, 0.3) is 11.5 Å². The van der Waals surface area contributed by atoms with Crippen LogP contribution >= 0.6 is 0 Å². The molecule has 4 aromatic rings. The lowest BCUT2D eigenvalue weighted by molar-refractivity contribution is -0.140. The topological polar surface area (TPSA) is 113 Å². The van der Waals surface area contributed by atoms with Gasteiger partial charge in [-0.2, -0.15) is 18.3 Å². The van der Waals surface area contributed by atoms with Gasteiger partial charge in [-0.05, 0) is 67.0 Å². The summed E-state index contributed by atoms with van der Waals surface area (Å²) in [6, 6.07) is 6.67. The van der Waals surface area contributed by atoms with Gasteiger partial charge in [-0.15, -0.1) is 0 Å². The number of aromatic nitrogens is 4. The SMILES string of the molecule is O=C(NC1CCC(O)CC1)c1cc(F)cc(Cn2ccc3cc(-c4cn[nH]c4C(F)(F)F)ncc3c2=O)c1. The third kappa shape index (κ3) is 5.30. The second-order valence-electron chi connectivity index (χ2n) is 9.39. The van der Waals surface area contributed by atoms with E-state index in [0.29, 0.717) is 36.6 Å². The fraction of sp³-hybridized carbons (Fsp3) is 0.308. The van der Waals surface area contributed by atoms with Gasteiger partial charge in [0, 0.05) is 24.0 Å². The number of aromatic amines is 1. The molecule has 1 fully saturated rings. The zero-order chi connectivity index (χ0) is 27.0. The molecule has 0 spiro atoms. The summed E-state index contributed by atoms with van der Waals surface area (Å²) in [5.41, 5.74) is -1.24. The number of rotatable bonds is 5. The van der Waals surface area contributed by atoms with Crippen molar-refractivity contribution >= 4 is 16.7 Å². The second kappa shape index (κ2) is 10.0. The first-order chi connectivity index (χ1) is 18.1. The minimum atomic E-state index is -4.65. The molecule has 1 aliphatic carbocycles. The molecular weight excluding hydrogens is 506 g/mol. The van der Waals surface area contributed by atoms with E-state index in [1.54, 1.807) is 6.07 Å². The number of amides is 1. The molecule has 0 aliphatic heterocycles. The Hall–Kier alpha value is -4.06. The van der Waals surface area contributed by atoms with Crippen molar-refractivity contribution < 1.29 is 27.5 Å². The summed E-state index contributed by atoms with van der Waals surface area (Å²) in [6.45, 7) is -0.0376. The van der Waals surface area contributed by atoms with Crippen LogP contribution in [0.1, 0.15) is 47.3 Å². The van der Waals surface area contributed by atoms with Crippen molar-refractivity contribution in [2.45, 2.75) is 50.6 Å².